The molecule has 1 aromatic heterocycles. The molecule has 0 amide bonds. The van der Waals surface area contributed by atoms with Crippen LogP contribution < -0.4 is 0 Å². The summed E-state index contributed by atoms with van der Waals surface area (Å²) in [5, 5.41) is 2.48. The summed E-state index contributed by atoms with van der Waals surface area (Å²) in [6, 6.07) is 6.53. The quantitative estimate of drug-likeness (QED) is 0.787. The summed E-state index contributed by atoms with van der Waals surface area (Å²) in [6.45, 7) is 2.16. The Morgan fingerprint density at radius 2 is 2.21 bits per heavy atom. The first kappa shape index (κ1) is 13.7. The van der Waals surface area contributed by atoms with Gasteiger partial charge in [0.25, 0.3) is 0 Å². The summed E-state index contributed by atoms with van der Waals surface area (Å²) in [5.74, 6) is -0.517. The Bertz CT molecular complexity index is 568. The van der Waals surface area contributed by atoms with Gasteiger partial charge in [-0.1, -0.05) is 12.1 Å². The third kappa shape index (κ3) is 3.61. The molecule has 2 aromatic rings. The average Bonchev–Trinajstić information content (AvgIpc) is 2.86. The summed E-state index contributed by atoms with van der Waals surface area (Å²) in [7, 11) is 0. The van der Waals surface area contributed by atoms with Crippen LogP contribution in [0.4, 0.5) is 4.39 Å². The van der Waals surface area contributed by atoms with Gasteiger partial charge in [0.15, 0.2) is 0 Å². The monoisotopic (exact) mass is 279 g/mol. The highest BCUT2D eigenvalue weighted by Gasteiger charge is 2.10. The Morgan fingerprint density at radius 1 is 1.42 bits per heavy atom. The molecule has 0 unspecified atom stereocenters. The van der Waals surface area contributed by atoms with Crippen molar-refractivity contribution in [3.63, 3.8) is 0 Å². The molecule has 0 aliphatic heterocycles. The van der Waals surface area contributed by atoms with E-state index in [2.05, 4.69) is 4.98 Å². The number of hydrogen-bond acceptors (Lipinski definition) is 4. The number of hydrogen-bond donors (Lipinski definition) is 0. The first-order chi connectivity index (χ1) is 9.20. The molecule has 0 atom stereocenters. The van der Waals surface area contributed by atoms with Gasteiger partial charge >= 0.3 is 5.97 Å². The van der Waals surface area contributed by atoms with Crippen LogP contribution in [-0.2, 0) is 16.0 Å². The maximum absolute atomic E-state index is 13.6. The van der Waals surface area contributed by atoms with Gasteiger partial charge in [-0.3, -0.25) is 4.79 Å². The fraction of sp³-hybridized carbons (Fsp3) is 0.286. The van der Waals surface area contributed by atoms with E-state index in [1.807, 2.05) is 5.38 Å². The highest BCUT2D eigenvalue weighted by molar-refractivity contribution is 7.13. The lowest BCUT2D eigenvalue weighted by Gasteiger charge is -1.99. The molecule has 0 aliphatic rings. The van der Waals surface area contributed by atoms with Gasteiger partial charge in [0.05, 0.1) is 18.7 Å². The van der Waals surface area contributed by atoms with Gasteiger partial charge in [0.1, 0.15) is 10.8 Å². The Kier molecular flexibility index (Phi) is 4.63. The third-order valence-electron chi connectivity index (χ3n) is 2.55. The molecule has 0 fully saturated rings. The van der Waals surface area contributed by atoms with Gasteiger partial charge in [-0.05, 0) is 19.1 Å². The van der Waals surface area contributed by atoms with Crippen LogP contribution >= 0.6 is 11.3 Å². The van der Waals surface area contributed by atoms with Crippen molar-refractivity contribution in [1.29, 1.82) is 0 Å². The zero-order valence-electron chi connectivity index (χ0n) is 10.6. The number of rotatable bonds is 5. The highest BCUT2D eigenvalue weighted by Crippen LogP contribution is 2.26. The number of carbonyl (C=O) groups is 1. The Hall–Kier alpha value is -1.75. The number of ether oxygens (including phenoxy) is 1. The van der Waals surface area contributed by atoms with Crippen LogP contribution in [0.3, 0.4) is 0 Å². The highest BCUT2D eigenvalue weighted by atomic mass is 32.1. The van der Waals surface area contributed by atoms with Crippen molar-refractivity contribution < 1.29 is 13.9 Å². The van der Waals surface area contributed by atoms with E-state index in [-0.39, 0.29) is 11.8 Å². The van der Waals surface area contributed by atoms with Gasteiger partial charge < -0.3 is 4.74 Å². The second kappa shape index (κ2) is 6.43. The predicted molar refractivity (Wildman–Crippen MR) is 72.5 cm³/mol. The molecule has 0 aliphatic carbocycles. The zero-order chi connectivity index (χ0) is 13.7. The molecule has 19 heavy (non-hydrogen) atoms. The van der Waals surface area contributed by atoms with E-state index in [0.717, 1.165) is 5.69 Å². The summed E-state index contributed by atoms with van der Waals surface area (Å²) >= 11 is 1.38. The molecule has 3 nitrogen and oxygen atoms in total. The number of esters is 1. The van der Waals surface area contributed by atoms with Crippen molar-refractivity contribution in [1.82, 2.24) is 4.98 Å². The number of aromatic nitrogens is 1. The molecule has 0 radical (unpaired) electrons. The molecule has 2 rings (SSSR count). The molecule has 0 saturated carbocycles. The van der Waals surface area contributed by atoms with Crippen molar-refractivity contribution in [2.24, 2.45) is 0 Å². The zero-order valence-corrected chi connectivity index (χ0v) is 11.4. The summed E-state index contributed by atoms with van der Waals surface area (Å²) in [4.78, 5) is 15.6. The maximum Gasteiger partial charge on any atom is 0.306 e. The van der Waals surface area contributed by atoms with E-state index in [4.69, 9.17) is 4.74 Å². The van der Waals surface area contributed by atoms with Gasteiger partial charge in [-0.2, -0.15) is 0 Å². The lowest BCUT2D eigenvalue weighted by Crippen LogP contribution is -2.05. The molecule has 1 heterocycles. The second-order valence-corrected chi connectivity index (χ2v) is 4.79. The van der Waals surface area contributed by atoms with Crippen LogP contribution in [0.2, 0.25) is 0 Å². The van der Waals surface area contributed by atoms with Gasteiger partial charge in [0, 0.05) is 17.4 Å². The number of halogens is 1. The normalized spacial score (nSPS) is 10.4. The summed E-state index contributed by atoms with van der Waals surface area (Å²) in [6.07, 6.45) is 0.818. The van der Waals surface area contributed by atoms with Crippen molar-refractivity contribution >= 4 is 17.3 Å². The van der Waals surface area contributed by atoms with Crippen molar-refractivity contribution in [3.8, 4) is 10.6 Å². The first-order valence-electron chi connectivity index (χ1n) is 6.05. The van der Waals surface area contributed by atoms with Crippen LogP contribution in [0.5, 0.6) is 0 Å². The molecule has 0 spiro atoms. The van der Waals surface area contributed by atoms with Crippen LogP contribution in [-0.4, -0.2) is 17.6 Å². The van der Waals surface area contributed by atoms with Gasteiger partial charge in [0.2, 0.25) is 0 Å². The smallest absolute Gasteiger partial charge is 0.306 e. The first-order valence-corrected chi connectivity index (χ1v) is 6.93. The maximum atomic E-state index is 13.6. The minimum atomic E-state index is -0.284. The topological polar surface area (TPSA) is 39.2 Å². The number of aryl methyl sites for hydroxylation is 1. The fourth-order valence-electron chi connectivity index (χ4n) is 1.64. The molecule has 5 heteroatoms. The lowest BCUT2D eigenvalue weighted by molar-refractivity contribution is -0.143. The summed E-state index contributed by atoms with van der Waals surface area (Å²) in [5.41, 5.74) is 1.28. The SMILES string of the molecule is CCOC(=O)CCc1csc(-c2ccccc2F)n1. The van der Waals surface area contributed by atoms with Crippen LogP contribution in [0, 0.1) is 5.82 Å². The van der Waals surface area contributed by atoms with Crippen molar-refractivity contribution in [2.45, 2.75) is 19.8 Å². The molecule has 1 aromatic carbocycles. The standard InChI is InChI=1S/C14H14FNO2S/c1-2-18-13(17)8-7-10-9-19-14(16-10)11-5-3-4-6-12(11)15/h3-6,9H,2,7-8H2,1H3. The molecule has 0 bridgehead atoms. The minimum Gasteiger partial charge on any atom is -0.466 e. The van der Waals surface area contributed by atoms with Crippen LogP contribution in [0.1, 0.15) is 19.0 Å². The molecular weight excluding hydrogens is 265 g/mol. The molecule has 0 N–H and O–H groups in total. The van der Waals surface area contributed by atoms with E-state index in [0.29, 0.717) is 30.0 Å². The van der Waals surface area contributed by atoms with E-state index < -0.39 is 0 Å². The third-order valence-corrected chi connectivity index (χ3v) is 3.47. The number of benzene rings is 1. The van der Waals surface area contributed by atoms with E-state index in [1.165, 1.54) is 17.4 Å². The fourth-order valence-corrected chi connectivity index (χ4v) is 2.52. The van der Waals surface area contributed by atoms with Crippen molar-refractivity contribution in [2.75, 3.05) is 6.61 Å². The number of thiazole rings is 1. The number of nitrogens with zero attached hydrogens (tertiary/aromatic N) is 1. The Balaban J connectivity index is 2.04. The van der Waals surface area contributed by atoms with E-state index >= 15 is 0 Å². The van der Waals surface area contributed by atoms with Crippen molar-refractivity contribution in [3.05, 3.63) is 41.2 Å². The second-order valence-electron chi connectivity index (χ2n) is 3.93. The lowest BCUT2D eigenvalue weighted by atomic mass is 10.2. The average molecular weight is 279 g/mol. The van der Waals surface area contributed by atoms with Crippen LogP contribution in [0.25, 0.3) is 10.6 Å². The Morgan fingerprint density at radius 3 is 2.95 bits per heavy atom. The van der Waals surface area contributed by atoms with E-state index in [1.54, 1.807) is 25.1 Å². The summed E-state index contributed by atoms with van der Waals surface area (Å²) < 4.78 is 18.4. The molecular formula is C14H14FNO2S. The van der Waals surface area contributed by atoms with Crippen LogP contribution in [0.15, 0.2) is 29.6 Å². The van der Waals surface area contributed by atoms with Gasteiger partial charge in [-0.15, -0.1) is 11.3 Å². The van der Waals surface area contributed by atoms with E-state index in [9.17, 15) is 9.18 Å². The predicted octanol–water partition coefficient (Wildman–Crippen LogP) is 3.44. The van der Waals surface area contributed by atoms with Gasteiger partial charge in [-0.25, -0.2) is 9.37 Å². The molecule has 0 saturated heterocycles. The number of carbonyl (C=O) groups excluding carboxylic acids is 1. The largest absolute Gasteiger partial charge is 0.466 e. The Labute approximate surface area is 115 Å². The minimum absolute atomic E-state index is 0.233. The molecule has 100 valence electrons.